The molecule has 1 N–H and O–H groups in total. The molecule has 1 aliphatic heterocycles. The van der Waals surface area contributed by atoms with Gasteiger partial charge in [0.1, 0.15) is 10.0 Å². The van der Waals surface area contributed by atoms with Crippen molar-refractivity contribution in [1.29, 1.82) is 0 Å². The van der Waals surface area contributed by atoms with Crippen LogP contribution in [0.2, 0.25) is 0 Å². The van der Waals surface area contributed by atoms with E-state index >= 15 is 0 Å². The molecule has 1 aliphatic rings. The van der Waals surface area contributed by atoms with E-state index in [9.17, 15) is 9.59 Å². The number of hydrogen-bond donors (Lipinski definition) is 1. The Hall–Kier alpha value is -3.31. The lowest BCUT2D eigenvalue weighted by Gasteiger charge is -2.06. The van der Waals surface area contributed by atoms with Crippen LogP contribution < -0.4 is 4.87 Å². The highest BCUT2D eigenvalue weighted by Crippen LogP contribution is 2.29. The van der Waals surface area contributed by atoms with Crippen molar-refractivity contribution in [3.63, 3.8) is 0 Å². The number of nitrogens with one attached hydrogen (secondary N) is 1. The van der Waals surface area contributed by atoms with Gasteiger partial charge in [-0.1, -0.05) is 60.7 Å². The molecule has 0 saturated carbocycles. The number of aliphatic imine (C=N–C) groups is 1. The van der Waals surface area contributed by atoms with E-state index in [1.54, 1.807) is 23.5 Å². The van der Waals surface area contributed by atoms with Gasteiger partial charge >= 0.3 is 4.87 Å². The van der Waals surface area contributed by atoms with Crippen LogP contribution in [0.25, 0.3) is 10.6 Å². The van der Waals surface area contributed by atoms with Crippen molar-refractivity contribution in [2.45, 2.75) is 32.5 Å². The Labute approximate surface area is 222 Å². The first kappa shape index (κ1) is 25.3. The Balaban J connectivity index is 1.20. The topological polar surface area (TPSA) is 101 Å². The molecule has 1 saturated heterocycles. The molecule has 3 heterocycles. The highest BCUT2D eigenvalue weighted by Gasteiger charge is 2.31. The van der Waals surface area contributed by atoms with Gasteiger partial charge in [0.05, 0.1) is 29.7 Å². The fourth-order valence-corrected chi connectivity index (χ4v) is 6.09. The Morgan fingerprint density at radius 2 is 1.92 bits per heavy atom. The van der Waals surface area contributed by atoms with E-state index in [1.807, 2.05) is 37.4 Å². The van der Waals surface area contributed by atoms with Crippen LogP contribution in [0.4, 0.5) is 0 Å². The lowest BCUT2D eigenvalue weighted by Crippen LogP contribution is -2.14. The SMILES string of the molecule is CCc1nc(-c2ccccc2)sc1COCc1ccc(C(=O)N=C2CN(C)C[C@@H]2c2n[nH]c(=O)s2)cc1. The Morgan fingerprint density at radius 1 is 1.14 bits per heavy atom. The van der Waals surface area contributed by atoms with E-state index in [0.717, 1.165) is 50.2 Å². The van der Waals surface area contributed by atoms with Crippen LogP contribution in [0, 0.1) is 0 Å². The van der Waals surface area contributed by atoms with E-state index in [4.69, 9.17) is 9.72 Å². The molecule has 0 radical (unpaired) electrons. The summed E-state index contributed by atoms with van der Waals surface area (Å²) in [6.07, 6.45) is 0.858. The van der Waals surface area contributed by atoms with Gasteiger partial charge in [0.15, 0.2) is 0 Å². The number of likely N-dealkylation sites (N-methyl/N-ethyl adjacent to an activating group) is 1. The maximum absolute atomic E-state index is 12.9. The molecule has 1 atom stereocenters. The molecule has 2 aromatic carbocycles. The van der Waals surface area contributed by atoms with Crippen LogP contribution in [-0.4, -0.2) is 51.8 Å². The molecule has 1 amide bonds. The van der Waals surface area contributed by atoms with Gasteiger partial charge in [0.25, 0.3) is 5.91 Å². The van der Waals surface area contributed by atoms with Crippen LogP contribution in [-0.2, 0) is 24.4 Å². The van der Waals surface area contributed by atoms with Gasteiger partial charge in [0, 0.05) is 29.9 Å². The molecule has 190 valence electrons. The first-order valence-corrected chi connectivity index (χ1v) is 13.7. The molecule has 10 heteroatoms. The summed E-state index contributed by atoms with van der Waals surface area (Å²) in [4.78, 5) is 36.6. The van der Waals surface area contributed by atoms with Crippen LogP contribution in [0.3, 0.4) is 0 Å². The van der Waals surface area contributed by atoms with Gasteiger partial charge in [-0.2, -0.15) is 5.10 Å². The maximum atomic E-state index is 12.9. The molecule has 5 rings (SSSR count). The predicted molar refractivity (Wildman–Crippen MR) is 147 cm³/mol. The summed E-state index contributed by atoms with van der Waals surface area (Å²) < 4.78 is 6.00. The Bertz CT molecular complexity index is 1460. The van der Waals surface area contributed by atoms with Gasteiger partial charge < -0.3 is 4.74 Å². The van der Waals surface area contributed by atoms with Crippen molar-refractivity contribution in [2.24, 2.45) is 4.99 Å². The van der Waals surface area contributed by atoms with Crippen molar-refractivity contribution in [2.75, 3.05) is 20.1 Å². The lowest BCUT2D eigenvalue weighted by molar-refractivity contribution is 0.100. The summed E-state index contributed by atoms with van der Waals surface area (Å²) in [5.74, 6) is -0.441. The van der Waals surface area contributed by atoms with E-state index < -0.39 is 0 Å². The van der Waals surface area contributed by atoms with Crippen molar-refractivity contribution in [3.8, 4) is 10.6 Å². The third kappa shape index (κ3) is 5.99. The molecular formula is C27H27N5O3S2. The van der Waals surface area contributed by atoms with Crippen LogP contribution in [0.1, 0.15) is 44.3 Å². The monoisotopic (exact) mass is 533 g/mol. The summed E-state index contributed by atoms with van der Waals surface area (Å²) in [6.45, 7) is 4.29. The fraction of sp³-hybridized carbons (Fsp3) is 0.296. The van der Waals surface area contributed by atoms with Crippen molar-refractivity contribution in [1.82, 2.24) is 20.1 Å². The number of aryl methyl sites for hydroxylation is 1. The standard InChI is InChI=1S/C27H27N5O3S2/c1-3-21-23(36-25(29-21)19-7-5-4-6-8-19)16-35-15-17-9-11-18(12-10-17)24(33)28-22-14-32(2)13-20(22)26-30-31-27(34)37-26/h4-12,20H,3,13-16H2,1-2H3,(H,31,34)/t20-/m0/s1. The van der Waals surface area contributed by atoms with E-state index in [0.29, 0.717) is 36.9 Å². The first-order valence-electron chi connectivity index (χ1n) is 12.1. The van der Waals surface area contributed by atoms with Crippen molar-refractivity contribution < 1.29 is 9.53 Å². The van der Waals surface area contributed by atoms with E-state index in [2.05, 4.69) is 39.1 Å². The van der Waals surface area contributed by atoms with E-state index in [1.165, 1.54) is 0 Å². The Kier molecular flexibility index (Phi) is 7.80. The van der Waals surface area contributed by atoms with E-state index in [-0.39, 0.29) is 16.7 Å². The second-order valence-corrected chi connectivity index (χ2v) is 11.0. The number of benzene rings is 2. The number of aromatic amines is 1. The normalized spacial score (nSPS) is 17.0. The number of thiazole rings is 1. The minimum Gasteiger partial charge on any atom is -0.371 e. The van der Waals surface area contributed by atoms with Gasteiger partial charge in [0.2, 0.25) is 0 Å². The average Bonchev–Trinajstić information content (AvgIpc) is 3.63. The predicted octanol–water partition coefficient (Wildman–Crippen LogP) is 4.54. The molecule has 0 aliphatic carbocycles. The zero-order valence-electron chi connectivity index (χ0n) is 20.6. The highest BCUT2D eigenvalue weighted by atomic mass is 32.1. The quantitative estimate of drug-likeness (QED) is 0.357. The summed E-state index contributed by atoms with van der Waals surface area (Å²) in [6, 6.07) is 17.5. The van der Waals surface area contributed by atoms with Gasteiger partial charge in [-0.25, -0.2) is 15.1 Å². The molecule has 1 fully saturated rings. The molecule has 2 aromatic heterocycles. The molecule has 37 heavy (non-hydrogen) atoms. The first-order chi connectivity index (χ1) is 18.0. The lowest BCUT2D eigenvalue weighted by atomic mass is 10.1. The van der Waals surface area contributed by atoms with Gasteiger partial charge in [-0.15, -0.1) is 11.3 Å². The molecule has 0 spiro atoms. The molecule has 0 bridgehead atoms. The fourth-order valence-electron chi connectivity index (χ4n) is 4.27. The van der Waals surface area contributed by atoms with Crippen LogP contribution in [0.5, 0.6) is 0 Å². The molecule has 0 unspecified atom stereocenters. The smallest absolute Gasteiger partial charge is 0.322 e. The minimum atomic E-state index is -0.295. The second kappa shape index (κ2) is 11.4. The van der Waals surface area contributed by atoms with Gasteiger partial charge in [-0.3, -0.25) is 14.5 Å². The number of H-pyrrole nitrogens is 1. The molecule has 8 nitrogen and oxygen atoms in total. The highest BCUT2D eigenvalue weighted by molar-refractivity contribution is 7.15. The number of aromatic nitrogens is 3. The zero-order chi connectivity index (χ0) is 25.8. The maximum Gasteiger partial charge on any atom is 0.322 e. The number of rotatable bonds is 8. The van der Waals surface area contributed by atoms with Gasteiger partial charge in [-0.05, 0) is 31.2 Å². The third-order valence-electron chi connectivity index (χ3n) is 6.16. The number of carbonyl (C=O) groups excluding carboxylic acids is 1. The number of ether oxygens (including phenoxy) is 1. The third-order valence-corrected chi connectivity index (χ3v) is 8.14. The summed E-state index contributed by atoms with van der Waals surface area (Å²) >= 11 is 2.74. The number of likely N-dealkylation sites (tertiary alicyclic amines) is 1. The summed E-state index contributed by atoms with van der Waals surface area (Å²) in [5, 5.41) is 8.23. The summed E-state index contributed by atoms with van der Waals surface area (Å²) in [7, 11) is 1.96. The minimum absolute atomic E-state index is 0.146. The largest absolute Gasteiger partial charge is 0.371 e. The van der Waals surface area contributed by atoms with Crippen LogP contribution >= 0.6 is 22.7 Å². The molecular weight excluding hydrogens is 506 g/mol. The number of amides is 1. The number of nitrogens with zero attached hydrogens (tertiary/aromatic N) is 4. The van der Waals surface area contributed by atoms with Crippen molar-refractivity contribution in [3.05, 3.63) is 91.0 Å². The van der Waals surface area contributed by atoms with Crippen LogP contribution in [0.15, 0.2) is 64.4 Å². The summed E-state index contributed by atoms with van der Waals surface area (Å²) in [5.41, 5.74) is 4.42. The Morgan fingerprint density at radius 3 is 2.62 bits per heavy atom. The molecule has 4 aromatic rings. The average molecular weight is 534 g/mol. The number of carbonyl (C=O) groups is 1. The van der Waals surface area contributed by atoms with Crippen molar-refractivity contribution >= 4 is 34.3 Å². The number of hydrogen-bond acceptors (Lipinski definition) is 8. The zero-order valence-corrected chi connectivity index (χ0v) is 22.3. The second-order valence-electron chi connectivity index (χ2n) is 8.91.